The second kappa shape index (κ2) is 7.34. The molecule has 0 aromatic heterocycles. The first-order valence-electron chi connectivity index (χ1n) is 8.63. The van der Waals surface area contributed by atoms with Crippen molar-refractivity contribution in [2.24, 2.45) is 17.3 Å². The molecule has 0 radical (unpaired) electrons. The number of hydrogen-bond acceptors (Lipinski definition) is 2. The van der Waals surface area contributed by atoms with Crippen molar-refractivity contribution in [3.05, 3.63) is 0 Å². The molecule has 126 valence electrons. The van der Waals surface area contributed by atoms with Crippen LogP contribution in [0.3, 0.4) is 0 Å². The average Bonchev–Trinajstić information content (AvgIpc) is 2.46. The van der Waals surface area contributed by atoms with Crippen molar-refractivity contribution in [2.75, 3.05) is 6.54 Å². The molecule has 22 heavy (non-hydrogen) atoms. The Morgan fingerprint density at radius 1 is 1.05 bits per heavy atom. The molecule has 0 saturated heterocycles. The lowest BCUT2D eigenvalue weighted by atomic mass is 9.73. The fourth-order valence-electron chi connectivity index (χ4n) is 3.62. The van der Waals surface area contributed by atoms with Gasteiger partial charge in [0, 0.05) is 12.6 Å². The summed E-state index contributed by atoms with van der Waals surface area (Å²) in [5.41, 5.74) is 0.460. The van der Waals surface area contributed by atoms with E-state index in [0.29, 0.717) is 24.2 Å². The van der Waals surface area contributed by atoms with E-state index >= 15 is 0 Å². The van der Waals surface area contributed by atoms with Gasteiger partial charge in [-0.1, -0.05) is 13.8 Å². The minimum atomic E-state index is -0.705. The van der Waals surface area contributed by atoms with Crippen LogP contribution < -0.4 is 10.6 Å². The van der Waals surface area contributed by atoms with Crippen LogP contribution in [-0.4, -0.2) is 29.7 Å². The lowest BCUT2D eigenvalue weighted by Crippen LogP contribution is -2.45. The van der Waals surface area contributed by atoms with Gasteiger partial charge in [0.05, 0.1) is 5.92 Å². The van der Waals surface area contributed by atoms with Crippen molar-refractivity contribution < 1.29 is 14.7 Å². The maximum absolute atomic E-state index is 12.0. The van der Waals surface area contributed by atoms with E-state index < -0.39 is 5.97 Å². The predicted octanol–water partition coefficient (Wildman–Crippen LogP) is 3.15. The van der Waals surface area contributed by atoms with E-state index in [1.807, 2.05) is 0 Å². The van der Waals surface area contributed by atoms with Gasteiger partial charge in [-0.25, -0.2) is 4.79 Å². The van der Waals surface area contributed by atoms with Crippen molar-refractivity contribution in [3.8, 4) is 0 Å². The summed E-state index contributed by atoms with van der Waals surface area (Å²) in [5.74, 6) is -0.337. The number of carboxylic acid groups (broad SMARTS) is 1. The first-order valence-corrected chi connectivity index (χ1v) is 8.63. The fourth-order valence-corrected chi connectivity index (χ4v) is 3.62. The summed E-state index contributed by atoms with van der Waals surface area (Å²) < 4.78 is 0. The molecule has 5 nitrogen and oxygen atoms in total. The van der Waals surface area contributed by atoms with Crippen LogP contribution >= 0.6 is 0 Å². The molecular weight excluding hydrogens is 280 g/mol. The molecule has 3 N–H and O–H groups in total. The highest BCUT2D eigenvalue weighted by atomic mass is 16.4. The molecule has 2 rings (SSSR count). The van der Waals surface area contributed by atoms with E-state index in [9.17, 15) is 9.59 Å². The maximum atomic E-state index is 12.0. The van der Waals surface area contributed by atoms with Gasteiger partial charge in [0.2, 0.25) is 0 Å². The van der Waals surface area contributed by atoms with Gasteiger partial charge < -0.3 is 15.7 Å². The van der Waals surface area contributed by atoms with E-state index in [2.05, 4.69) is 24.5 Å². The number of amides is 2. The molecule has 0 aromatic carbocycles. The summed E-state index contributed by atoms with van der Waals surface area (Å²) in [7, 11) is 0. The van der Waals surface area contributed by atoms with Crippen LogP contribution in [0.5, 0.6) is 0 Å². The summed E-state index contributed by atoms with van der Waals surface area (Å²) in [6.45, 7) is 5.39. The standard InChI is InChI=1S/C17H30N2O3/c1-17(2)9-7-12(8-10-17)11-18-16(22)19-14-5-3-13(4-6-14)15(20)21/h12-14H,3-11H2,1-2H3,(H,20,21)(H2,18,19,22). The summed E-state index contributed by atoms with van der Waals surface area (Å²) in [5, 5.41) is 15.0. The molecule has 0 aromatic rings. The minimum absolute atomic E-state index is 0.0939. The smallest absolute Gasteiger partial charge is 0.315 e. The lowest BCUT2D eigenvalue weighted by Gasteiger charge is -2.34. The van der Waals surface area contributed by atoms with Gasteiger partial charge in [-0.3, -0.25) is 4.79 Å². The second-order valence-electron chi connectivity index (χ2n) is 7.85. The van der Waals surface area contributed by atoms with Gasteiger partial charge >= 0.3 is 12.0 Å². The number of carbonyl (C=O) groups excluding carboxylic acids is 1. The predicted molar refractivity (Wildman–Crippen MR) is 85.7 cm³/mol. The zero-order valence-corrected chi connectivity index (χ0v) is 13.9. The third-order valence-corrected chi connectivity index (χ3v) is 5.42. The van der Waals surface area contributed by atoms with Crippen LogP contribution in [0.15, 0.2) is 0 Å². The molecule has 2 amide bonds. The molecule has 2 aliphatic carbocycles. The number of carboxylic acids is 1. The number of rotatable bonds is 4. The Morgan fingerprint density at radius 3 is 2.18 bits per heavy atom. The molecule has 0 heterocycles. The fraction of sp³-hybridized carbons (Fsp3) is 0.882. The minimum Gasteiger partial charge on any atom is -0.481 e. The Bertz CT molecular complexity index is 391. The molecule has 0 unspecified atom stereocenters. The Kier molecular flexibility index (Phi) is 5.70. The topological polar surface area (TPSA) is 78.4 Å². The number of urea groups is 1. The van der Waals surface area contributed by atoms with E-state index in [1.54, 1.807) is 0 Å². The van der Waals surface area contributed by atoms with Crippen LogP contribution in [0.2, 0.25) is 0 Å². The highest BCUT2D eigenvalue weighted by Gasteiger charge is 2.28. The monoisotopic (exact) mass is 310 g/mol. The van der Waals surface area contributed by atoms with Crippen molar-refractivity contribution >= 4 is 12.0 Å². The number of aliphatic carboxylic acids is 1. The van der Waals surface area contributed by atoms with Crippen molar-refractivity contribution in [1.82, 2.24) is 10.6 Å². The molecule has 2 saturated carbocycles. The van der Waals surface area contributed by atoms with Gasteiger partial charge in [0.1, 0.15) is 0 Å². The molecule has 2 aliphatic rings. The van der Waals surface area contributed by atoms with E-state index in [1.165, 1.54) is 25.7 Å². The highest BCUT2D eigenvalue weighted by Crippen LogP contribution is 2.37. The molecule has 2 fully saturated rings. The number of nitrogens with one attached hydrogen (secondary N) is 2. The molecule has 0 aliphatic heterocycles. The first-order chi connectivity index (χ1) is 10.4. The molecular formula is C17H30N2O3. The van der Waals surface area contributed by atoms with Gasteiger partial charge in [-0.05, 0) is 62.7 Å². The molecule has 5 heteroatoms. The summed E-state index contributed by atoms with van der Waals surface area (Å²) >= 11 is 0. The third-order valence-electron chi connectivity index (χ3n) is 5.42. The van der Waals surface area contributed by atoms with Gasteiger partial charge in [-0.2, -0.15) is 0 Å². The van der Waals surface area contributed by atoms with Crippen LogP contribution in [0.4, 0.5) is 4.79 Å². The molecule has 0 spiro atoms. The van der Waals surface area contributed by atoms with Crippen LogP contribution in [-0.2, 0) is 4.79 Å². The number of hydrogen-bond donors (Lipinski definition) is 3. The maximum Gasteiger partial charge on any atom is 0.315 e. The summed E-state index contributed by atoms with van der Waals surface area (Å²) in [4.78, 5) is 22.9. The third kappa shape index (κ3) is 5.18. The molecule has 0 atom stereocenters. The average molecular weight is 310 g/mol. The summed E-state index contributed by atoms with van der Waals surface area (Å²) in [6.07, 6.45) is 7.72. The van der Waals surface area contributed by atoms with Crippen LogP contribution in [0.25, 0.3) is 0 Å². The van der Waals surface area contributed by atoms with Crippen molar-refractivity contribution in [2.45, 2.75) is 71.3 Å². The zero-order chi connectivity index (χ0) is 16.2. The van der Waals surface area contributed by atoms with Gasteiger partial charge in [0.15, 0.2) is 0 Å². The Balaban J connectivity index is 1.62. The highest BCUT2D eigenvalue weighted by molar-refractivity contribution is 5.74. The van der Waals surface area contributed by atoms with E-state index in [0.717, 1.165) is 19.4 Å². The first kappa shape index (κ1) is 17.1. The Morgan fingerprint density at radius 2 is 1.64 bits per heavy atom. The zero-order valence-electron chi connectivity index (χ0n) is 13.9. The van der Waals surface area contributed by atoms with E-state index in [-0.39, 0.29) is 18.0 Å². The lowest BCUT2D eigenvalue weighted by molar-refractivity contribution is -0.142. The molecule has 0 bridgehead atoms. The second-order valence-corrected chi connectivity index (χ2v) is 7.85. The SMILES string of the molecule is CC1(C)CCC(CNC(=O)NC2CCC(C(=O)O)CC2)CC1. The van der Waals surface area contributed by atoms with E-state index in [4.69, 9.17) is 5.11 Å². The Labute approximate surface area is 133 Å². The van der Waals surface area contributed by atoms with Crippen molar-refractivity contribution in [1.29, 1.82) is 0 Å². The summed E-state index contributed by atoms with van der Waals surface area (Å²) in [6, 6.07) is 0.0319. The van der Waals surface area contributed by atoms with Crippen LogP contribution in [0.1, 0.15) is 65.2 Å². The quantitative estimate of drug-likeness (QED) is 0.746. The number of carbonyl (C=O) groups is 2. The van der Waals surface area contributed by atoms with Crippen LogP contribution in [0, 0.1) is 17.3 Å². The van der Waals surface area contributed by atoms with Gasteiger partial charge in [-0.15, -0.1) is 0 Å². The largest absolute Gasteiger partial charge is 0.481 e. The Hall–Kier alpha value is -1.26. The van der Waals surface area contributed by atoms with Crippen molar-refractivity contribution in [3.63, 3.8) is 0 Å². The van der Waals surface area contributed by atoms with Gasteiger partial charge in [0.25, 0.3) is 0 Å². The normalized spacial score (nSPS) is 28.8.